The zero-order valence-electron chi connectivity index (χ0n) is 15.6. The van der Waals surface area contributed by atoms with Gasteiger partial charge in [-0.1, -0.05) is 20.3 Å². The first-order chi connectivity index (χ1) is 12.4. The predicted molar refractivity (Wildman–Crippen MR) is 97.7 cm³/mol. The Morgan fingerprint density at radius 1 is 1.42 bits per heavy atom. The highest BCUT2D eigenvalue weighted by atomic mass is 16.5. The summed E-state index contributed by atoms with van der Waals surface area (Å²) in [5.41, 5.74) is -0.145. The van der Waals surface area contributed by atoms with Crippen LogP contribution in [0.1, 0.15) is 58.4 Å². The van der Waals surface area contributed by atoms with Crippen LogP contribution in [0, 0.1) is 17.2 Å². The van der Waals surface area contributed by atoms with Crippen LogP contribution in [0.15, 0.2) is 18.2 Å². The number of nitrogens with one attached hydrogen (secondary N) is 1. The Labute approximate surface area is 154 Å². The molecule has 1 N–H and O–H groups in total. The van der Waals surface area contributed by atoms with Gasteiger partial charge in [-0.15, -0.1) is 0 Å². The smallest absolute Gasteiger partial charge is 0.308 e. The fourth-order valence-corrected chi connectivity index (χ4v) is 3.39. The highest BCUT2D eigenvalue weighted by Gasteiger charge is 2.42. The van der Waals surface area contributed by atoms with Gasteiger partial charge in [0.1, 0.15) is 17.4 Å². The molecule has 0 spiro atoms. The molecule has 6 heteroatoms. The van der Waals surface area contributed by atoms with Gasteiger partial charge in [-0.2, -0.15) is 5.26 Å². The van der Waals surface area contributed by atoms with Gasteiger partial charge in [-0.25, -0.2) is 0 Å². The lowest BCUT2D eigenvalue weighted by Gasteiger charge is -2.38. The Bertz CT molecular complexity index is 710. The summed E-state index contributed by atoms with van der Waals surface area (Å²) in [6.07, 6.45) is 4.28. The molecule has 1 aromatic carbocycles. The minimum absolute atomic E-state index is 0.179. The van der Waals surface area contributed by atoms with E-state index in [0.29, 0.717) is 31.1 Å². The molecule has 0 heterocycles. The van der Waals surface area contributed by atoms with Crippen molar-refractivity contribution in [2.24, 2.45) is 5.92 Å². The summed E-state index contributed by atoms with van der Waals surface area (Å²) in [5.74, 6) is -0.0726. The summed E-state index contributed by atoms with van der Waals surface area (Å²) in [4.78, 5) is 24.1. The first-order valence-corrected chi connectivity index (χ1v) is 9.08. The van der Waals surface area contributed by atoms with Gasteiger partial charge in [0.05, 0.1) is 5.56 Å². The standard InChI is InChI=1S/C20H26N2O4/c1-4-10-25-20(9-5-6-14(2)12-20)19(24)22-17-7-8-18(26-15(3)23)16(11-17)13-21/h7-8,11,14H,4-6,9-10,12H2,1-3H3,(H,22,24). The average Bonchev–Trinajstić information content (AvgIpc) is 2.60. The zero-order valence-corrected chi connectivity index (χ0v) is 15.6. The first kappa shape index (κ1) is 19.9. The Morgan fingerprint density at radius 2 is 2.19 bits per heavy atom. The van der Waals surface area contributed by atoms with E-state index in [-0.39, 0.29) is 17.2 Å². The van der Waals surface area contributed by atoms with Crippen LogP contribution in [0.2, 0.25) is 0 Å². The third-order valence-corrected chi connectivity index (χ3v) is 4.56. The van der Waals surface area contributed by atoms with Gasteiger partial charge in [0, 0.05) is 19.2 Å². The molecule has 0 aromatic heterocycles. The number of rotatable bonds is 6. The maximum atomic E-state index is 13.0. The van der Waals surface area contributed by atoms with Crippen LogP contribution in [0.4, 0.5) is 5.69 Å². The number of carbonyl (C=O) groups is 2. The van der Waals surface area contributed by atoms with Crippen LogP contribution in [-0.2, 0) is 14.3 Å². The van der Waals surface area contributed by atoms with Crippen LogP contribution in [0.25, 0.3) is 0 Å². The van der Waals surface area contributed by atoms with Crippen molar-refractivity contribution >= 4 is 17.6 Å². The second-order valence-electron chi connectivity index (χ2n) is 6.91. The minimum Gasteiger partial charge on any atom is -0.425 e. The quantitative estimate of drug-likeness (QED) is 0.617. The summed E-state index contributed by atoms with van der Waals surface area (Å²) in [7, 11) is 0. The fourth-order valence-electron chi connectivity index (χ4n) is 3.39. The lowest BCUT2D eigenvalue weighted by atomic mass is 9.78. The summed E-state index contributed by atoms with van der Waals surface area (Å²) < 4.78 is 11.0. The second kappa shape index (κ2) is 8.81. The molecular weight excluding hydrogens is 332 g/mol. The number of nitrogens with zero attached hydrogens (tertiary/aromatic N) is 1. The molecule has 0 saturated heterocycles. The molecule has 2 rings (SSSR count). The van der Waals surface area contributed by atoms with E-state index in [1.807, 2.05) is 13.0 Å². The third-order valence-electron chi connectivity index (χ3n) is 4.56. The molecule has 6 nitrogen and oxygen atoms in total. The largest absolute Gasteiger partial charge is 0.425 e. The predicted octanol–water partition coefficient (Wildman–Crippen LogP) is 3.80. The highest BCUT2D eigenvalue weighted by molar-refractivity contribution is 5.97. The average molecular weight is 358 g/mol. The van der Waals surface area contributed by atoms with Gasteiger partial charge >= 0.3 is 5.97 Å². The van der Waals surface area contributed by atoms with Crippen molar-refractivity contribution in [3.8, 4) is 11.8 Å². The zero-order chi connectivity index (χ0) is 19.2. The van der Waals surface area contributed by atoms with E-state index in [2.05, 4.69) is 12.2 Å². The molecule has 2 atom stereocenters. The third kappa shape index (κ3) is 4.83. The van der Waals surface area contributed by atoms with E-state index in [0.717, 1.165) is 19.3 Å². The molecule has 1 saturated carbocycles. The summed E-state index contributed by atoms with van der Waals surface area (Å²) >= 11 is 0. The van der Waals surface area contributed by atoms with Gasteiger partial charge in [-0.05, 0) is 49.8 Å². The summed E-state index contributed by atoms with van der Waals surface area (Å²) in [6, 6.07) is 6.63. The fraction of sp³-hybridized carbons (Fsp3) is 0.550. The van der Waals surface area contributed by atoms with Crippen molar-refractivity contribution in [3.63, 3.8) is 0 Å². The molecule has 26 heavy (non-hydrogen) atoms. The van der Waals surface area contributed by atoms with Gasteiger partial charge in [0.15, 0.2) is 0 Å². The maximum Gasteiger partial charge on any atom is 0.308 e. The van der Waals surface area contributed by atoms with Gasteiger partial charge < -0.3 is 14.8 Å². The molecule has 0 aliphatic heterocycles. The van der Waals surface area contributed by atoms with Crippen LogP contribution in [0.3, 0.4) is 0 Å². The summed E-state index contributed by atoms with van der Waals surface area (Å²) in [5, 5.41) is 12.1. The Kier molecular flexibility index (Phi) is 6.76. The van der Waals surface area contributed by atoms with Crippen LogP contribution in [0.5, 0.6) is 5.75 Å². The SMILES string of the molecule is CCCOC1(C(=O)Nc2ccc(OC(C)=O)c(C#N)c2)CCCC(C)C1. The molecule has 1 aliphatic rings. The molecular formula is C20H26N2O4. The van der Waals surface area contributed by atoms with Crippen molar-refractivity contribution in [2.75, 3.05) is 11.9 Å². The van der Waals surface area contributed by atoms with Gasteiger partial charge in [0.2, 0.25) is 0 Å². The van der Waals surface area contributed by atoms with Crippen LogP contribution < -0.4 is 10.1 Å². The van der Waals surface area contributed by atoms with E-state index in [1.165, 1.54) is 19.1 Å². The van der Waals surface area contributed by atoms with E-state index in [9.17, 15) is 14.9 Å². The van der Waals surface area contributed by atoms with Gasteiger partial charge in [0.25, 0.3) is 5.91 Å². The molecule has 1 aromatic rings. The van der Waals surface area contributed by atoms with Gasteiger partial charge in [-0.3, -0.25) is 9.59 Å². The molecule has 1 fully saturated rings. The number of hydrogen-bond acceptors (Lipinski definition) is 5. The summed E-state index contributed by atoms with van der Waals surface area (Å²) in [6.45, 7) is 5.97. The number of benzene rings is 1. The first-order valence-electron chi connectivity index (χ1n) is 9.08. The molecule has 2 unspecified atom stereocenters. The number of carbonyl (C=O) groups excluding carboxylic acids is 2. The van der Waals surface area contributed by atoms with E-state index < -0.39 is 11.6 Å². The van der Waals surface area contributed by atoms with Crippen molar-refractivity contribution in [1.29, 1.82) is 5.26 Å². The number of amides is 1. The number of esters is 1. The number of nitriles is 1. The van der Waals surface area contributed by atoms with E-state index >= 15 is 0 Å². The maximum absolute atomic E-state index is 13.0. The monoisotopic (exact) mass is 358 g/mol. The van der Waals surface area contributed by atoms with Crippen molar-refractivity contribution in [2.45, 2.75) is 58.5 Å². The van der Waals surface area contributed by atoms with Crippen molar-refractivity contribution < 1.29 is 19.1 Å². The molecule has 0 bridgehead atoms. The second-order valence-corrected chi connectivity index (χ2v) is 6.91. The number of ether oxygens (including phenoxy) is 2. The normalized spacial score (nSPS) is 22.3. The minimum atomic E-state index is -0.824. The van der Waals surface area contributed by atoms with E-state index in [1.54, 1.807) is 6.07 Å². The highest BCUT2D eigenvalue weighted by Crippen LogP contribution is 2.36. The lowest BCUT2D eigenvalue weighted by molar-refractivity contribution is -0.148. The Balaban J connectivity index is 2.20. The van der Waals surface area contributed by atoms with Crippen molar-refractivity contribution in [3.05, 3.63) is 23.8 Å². The van der Waals surface area contributed by atoms with Crippen molar-refractivity contribution in [1.82, 2.24) is 0 Å². The Morgan fingerprint density at radius 3 is 2.81 bits per heavy atom. The Hall–Kier alpha value is -2.39. The van der Waals surface area contributed by atoms with Crippen LogP contribution >= 0.6 is 0 Å². The van der Waals surface area contributed by atoms with Crippen LogP contribution in [-0.4, -0.2) is 24.1 Å². The molecule has 1 aliphatic carbocycles. The number of anilines is 1. The molecule has 0 radical (unpaired) electrons. The number of hydrogen-bond donors (Lipinski definition) is 1. The molecule has 140 valence electrons. The lowest BCUT2D eigenvalue weighted by Crippen LogP contribution is -2.48. The topological polar surface area (TPSA) is 88.4 Å². The van der Waals surface area contributed by atoms with E-state index in [4.69, 9.17) is 9.47 Å². The molecule has 1 amide bonds.